The molecule has 6 aliphatic rings. The zero-order valence-corrected chi connectivity index (χ0v) is 21.7. The first kappa shape index (κ1) is 23.7. The number of para-hydroxylation sites is 2. The fourth-order valence-corrected chi connectivity index (χ4v) is 9.85. The highest BCUT2D eigenvalue weighted by Gasteiger charge is 2.73. The quantitative estimate of drug-likeness (QED) is 0.436. The Balaban J connectivity index is 1.50. The molecule has 1 aromatic rings. The topological polar surface area (TPSA) is 94.9 Å². The Hall–Kier alpha value is -2.63. The van der Waals surface area contributed by atoms with Crippen molar-refractivity contribution in [2.75, 3.05) is 4.90 Å². The number of phenols is 1. The number of imide groups is 1. The lowest BCUT2D eigenvalue weighted by molar-refractivity contribution is -0.194. The molecule has 6 heteroatoms. The predicted octanol–water partition coefficient (Wildman–Crippen LogP) is 5.41. The summed E-state index contributed by atoms with van der Waals surface area (Å²) in [6.07, 6.45) is 7.24. The molecule has 1 spiro atoms. The van der Waals surface area contributed by atoms with E-state index in [9.17, 15) is 24.6 Å². The van der Waals surface area contributed by atoms with E-state index in [1.54, 1.807) is 18.2 Å². The van der Waals surface area contributed by atoms with Crippen molar-refractivity contribution >= 4 is 23.5 Å². The first-order valence-electron chi connectivity index (χ1n) is 13.6. The zero-order valence-electron chi connectivity index (χ0n) is 21.7. The highest BCUT2D eigenvalue weighted by atomic mass is 16.4. The van der Waals surface area contributed by atoms with E-state index in [4.69, 9.17) is 0 Å². The molecule has 2 N–H and O–H groups in total. The van der Waals surface area contributed by atoms with Crippen molar-refractivity contribution in [3.05, 3.63) is 35.9 Å². The van der Waals surface area contributed by atoms with Crippen LogP contribution in [0.5, 0.6) is 5.75 Å². The monoisotopic (exact) mass is 491 g/mol. The summed E-state index contributed by atoms with van der Waals surface area (Å²) in [6.45, 7) is 8.55. The largest absolute Gasteiger partial charge is 0.506 e. The molecule has 1 aliphatic heterocycles. The number of carboxylic acids is 1. The molecular weight excluding hydrogens is 454 g/mol. The minimum absolute atomic E-state index is 0.0252. The van der Waals surface area contributed by atoms with E-state index >= 15 is 0 Å². The highest BCUT2D eigenvalue weighted by Crippen LogP contribution is 2.74. The van der Waals surface area contributed by atoms with Crippen LogP contribution in [-0.4, -0.2) is 28.0 Å². The molecule has 3 saturated carbocycles. The van der Waals surface area contributed by atoms with Gasteiger partial charge < -0.3 is 10.2 Å². The molecule has 6 nitrogen and oxygen atoms in total. The van der Waals surface area contributed by atoms with Crippen molar-refractivity contribution in [2.24, 2.45) is 51.8 Å². The number of fused-ring (bicyclic) bond motifs is 1. The predicted molar refractivity (Wildman–Crippen MR) is 135 cm³/mol. The number of hydrogen-bond acceptors (Lipinski definition) is 4. The number of carbonyl (C=O) groups is 3. The van der Waals surface area contributed by atoms with E-state index in [0.717, 1.165) is 32.1 Å². The van der Waals surface area contributed by atoms with Crippen LogP contribution in [0, 0.1) is 51.8 Å². The summed E-state index contributed by atoms with van der Waals surface area (Å²) in [4.78, 5) is 41.9. The number of benzene rings is 1. The lowest BCUT2D eigenvalue weighted by atomic mass is 9.34. The van der Waals surface area contributed by atoms with Crippen molar-refractivity contribution in [1.82, 2.24) is 0 Å². The Morgan fingerprint density at radius 2 is 1.78 bits per heavy atom. The van der Waals surface area contributed by atoms with Crippen LogP contribution in [0.4, 0.5) is 5.69 Å². The van der Waals surface area contributed by atoms with E-state index in [1.807, 2.05) is 6.92 Å². The van der Waals surface area contributed by atoms with Crippen LogP contribution in [0.15, 0.2) is 35.9 Å². The third-order valence-corrected chi connectivity index (χ3v) is 11.3. The molecule has 1 saturated heterocycles. The Morgan fingerprint density at radius 1 is 1.06 bits per heavy atom. The van der Waals surface area contributed by atoms with E-state index in [2.05, 4.69) is 26.8 Å². The molecule has 1 aromatic carbocycles. The first-order valence-corrected chi connectivity index (χ1v) is 13.6. The summed E-state index contributed by atoms with van der Waals surface area (Å²) >= 11 is 0. The number of nitrogens with zero attached hydrogens (tertiary/aromatic N) is 1. The van der Waals surface area contributed by atoms with Gasteiger partial charge in [0.1, 0.15) is 5.75 Å². The molecule has 192 valence electrons. The molecule has 2 bridgehead atoms. The van der Waals surface area contributed by atoms with Gasteiger partial charge in [-0.25, -0.2) is 4.90 Å². The summed E-state index contributed by atoms with van der Waals surface area (Å²) in [6, 6.07) is 6.60. The average Bonchev–Trinajstić information content (AvgIpc) is 3.10. The van der Waals surface area contributed by atoms with Gasteiger partial charge in [-0.15, -0.1) is 0 Å². The molecule has 0 radical (unpaired) electrons. The van der Waals surface area contributed by atoms with Gasteiger partial charge in [0.15, 0.2) is 0 Å². The van der Waals surface area contributed by atoms with Crippen molar-refractivity contribution < 1.29 is 24.6 Å². The molecule has 5 aliphatic carbocycles. The van der Waals surface area contributed by atoms with Crippen LogP contribution >= 0.6 is 0 Å². The summed E-state index contributed by atoms with van der Waals surface area (Å²) in [5.41, 5.74) is 0.153. The van der Waals surface area contributed by atoms with Crippen LogP contribution in [0.1, 0.15) is 66.2 Å². The third-order valence-electron chi connectivity index (χ3n) is 11.3. The Morgan fingerprint density at radius 3 is 2.44 bits per heavy atom. The van der Waals surface area contributed by atoms with Crippen molar-refractivity contribution in [3.63, 3.8) is 0 Å². The van der Waals surface area contributed by atoms with Gasteiger partial charge in [-0.1, -0.05) is 51.0 Å². The van der Waals surface area contributed by atoms with E-state index < -0.39 is 28.6 Å². The van der Waals surface area contributed by atoms with Gasteiger partial charge in [0.2, 0.25) is 11.8 Å². The fraction of sp³-hybridized carbons (Fsp3) is 0.633. The minimum Gasteiger partial charge on any atom is -0.506 e. The molecule has 0 unspecified atom stereocenters. The second kappa shape index (κ2) is 7.45. The normalized spacial score (nSPS) is 43.2. The van der Waals surface area contributed by atoms with Crippen molar-refractivity contribution in [3.8, 4) is 5.75 Å². The van der Waals surface area contributed by atoms with Gasteiger partial charge in [-0.05, 0) is 80.2 Å². The minimum atomic E-state index is -0.757. The number of aliphatic carboxylic acids is 1. The number of rotatable bonds is 3. The van der Waals surface area contributed by atoms with Crippen LogP contribution in [0.3, 0.4) is 0 Å². The smallest absolute Gasteiger partial charge is 0.309 e. The van der Waals surface area contributed by atoms with Crippen molar-refractivity contribution in [2.45, 2.75) is 66.2 Å². The van der Waals surface area contributed by atoms with Gasteiger partial charge in [0.05, 0.1) is 22.9 Å². The van der Waals surface area contributed by atoms with Gasteiger partial charge in [-0.3, -0.25) is 14.4 Å². The van der Waals surface area contributed by atoms with E-state index in [0.29, 0.717) is 6.42 Å². The maximum absolute atomic E-state index is 14.2. The van der Waals surface area contributed by atoms with Gasteiger partial charge in [0.25, 0.3) is 0 Å². The fourth-order valence-electron chi connectivity index (χ4n) is 9.85. The Bertz CT molecular complexity index is 1200. The molecule has 7 rings (SSSR count). The number of aromatic hydroxyl groups is 1. The molecule has 36 heavy (non-hydrogen) atoms. The van der Waals surface area contributed by atoms with Gasteiger partial charge >= 0.3 is 5.97 Å². The van der Waals surface area contributed by atoms with Crippen LogP contribution in [0.2, 0.25) is 0 Å². The number of amides is 2. The maximum Gasteiger partial charge on any atom is 0.309 e. The summed E-state index contributed by atoms with van der Waals surface area (Å²) in [5, 5.41) is 20.8. The Kier molecular flexibility index (Phi) is 4.92. The molecule has 4 fully saturated rings. The summed E-state index contributed by atoms with van der Waals surface area (Å²) in [5.74, 6) is -1.54. The van der Waals surface area contributed by atoms with Crippen LogP contribution in [-0.2, 0) is 14.4 Å². The maximum atomic E-state index is 14.2. The molecule has 1 heterocycles. The number of carbonyl (C=O) groups excluding carboxylic acids is 2. The number of phenolic OH excluding ortho intramolecular Hbond substituents is 1. The van der Waals surface area contributed by atoms with E-state index in [1.165, 1.54) is 16.5 Å². The lowest BCUT2D eigenvalue weighted by Crippen LogP contribution is -2.65. The number of allylic oxidation sites excluding steroid dienone is 2. The molecule has 0 aromatic heterocycles. The van der Waals surface area contributed by atoms with Crippen molar-refractivity contribution in [1.29, 1.82) is 0 Å². The summed E-state index contributed by atoms with van der Waals surface area (Å²) in [7, 11) is 0. The first-order chi connectivity index (χ1) is 17.0. The highest BCUT2D eigenvalue weighted by molar-refractivity contribution is 6.23. The van der Waals surface area contributed by atoms with E-state index in [-0.39, 0.29) is 52.3 Å². The molecular formula is C30H37NO5. The lowest BCUT2D eigenvalue weighted by Gasteiger charge is -2.68. The summed E-state index contributed by atoms with van der Waals surface area (Å²) < 4.78 is 0. The molecule has 2 amide bonds. The van der Waals surface area contributed by atoms with Gasteiger partial charge in [-0.2, -0.15) is 0 Å². The number of carboxylic acid groups (broad SMARTS) is 1. The average molecular weight is 492 g/mol. The Labute approximate surface area is 212 Å². The third kappa shape index (κ3) is 2.71. The van der Waals surface area contributed by atoms with Gasteiger partial charge in [0, 0.05) is 5.41 Å². The zero-order chi connectivity index (χ0) is 25.8. The second-order valence-corrected chi connectivity index (χ2v) is 13.0. The second-order valence-electron chi connectivity index (χ2n) is 13.0. The van der Waals surface area contributed by atoms with Crippen LogP contribution < -0.4 is 4.90 Å². The number of anilines is 1. The SMILES string of the molecule is CC(C)C1=C[C@@]23CC[C@H]4[C@](C)(CCC[C@@]4(C)C(=O)O)[C@@H]2C[C@H]1[C@H]1C(=O)N(c2ccccc2O)C(=O)[C@H]13. The standard InChI is InChI=1S/C30H37NO5/c1-16(2)18-15-30-13-10-21-28(3,11-7-12-29(21,4)27(35)36)22(30)14-17(18)23-24(30)26(34)31(25(23)33)19-8-5-6-9-20(19)32/h5-6,8-9,15-17,21-24,32H,7,10-14H2,1-4H3,(H,35,36)/t17-,21+,22+,23-,24+,28+,29-,30+/m1/s1. The van der Waals surface area contributed by atoms with Crippen LogP contribution in [0.25, 0.3) is 0 Å². The molecule has 8 atom stereocenters. The number of hydrogen-bond donors (Lipinski definition) is 2.